The lowest BCUT2D eigenvalue weighted by molar-refractivity contribution is -0.141. The van der Waals surface area contributed by atoms with E-state index in [1.165, 1.54) is 6.07 Å². The third kappa shape index (κ3) is 4.05. The Morgan fingerprint density at radius 3 is 2.68 bits per heavy atom. The summed E-state index contributed by atoms with van der Waals surface area (Å²) in [5.74, 6) is -0.406. The summed E-state index contributed by atoms with van der Waals surface area (Å²) in [7, 11) is 0. The summed E-state index contributed by atoms with van der Waals surface area (Å²) in [5, 5.41) is 6.94. The lowest BCUT2D eigenvalue weighted by atomic mass is 9.95. The van der Waals surface area contributed by atoms with E-state index in [9.17, 15) is 9.18 Å². The number of aryl methyl sites for hydroxylation is 1. The van der Waals surface area contributed by atoms with E-state index in [0.717, 1.165) is 11.3 Å². The molecular formula is C20H21FN2O2. The number of hydrogen-bond donors (Lipinski definition) is 1. The first-order valence-electron chi connectivity index (χ1n) is 8.41. The Morgan fingerprint density at radius 2 is 1.92 bits per heavy atom. The van der Waals surface area contributed by atoms with Gasteiger partial charge >= 0.3 is 0 Å². The molecule has 1 aliphatic rings. The Labute approximate surface area is 146 Å². The molecule has 0 saturated heterocycles. The minimum Gasteiger partial charge on any atom is -0.379 e. The van der Waals surface area contributed by atoms with Crippen molar-refractivity contribution in [3.8, 4) is 0 Å². The highest BCUT2D eigenvalue weighted by Crippen LogP contribution is 2.26. The summed E-state index contributed by atoms with van der Waals surface area (Å²) < 4.78 is 13.6. The summed E-state index contributed by atoms with van der Waals surface area (Å²) in [6, 6.07) is 16.4. The summed E-state index contributed by atoms with van der Waals surface area (Å²) in [6.07, 6.45) is 1.67. The molecule has 25 heavy (non-hydrogen) atoms. The zero-order valence-electron chi connectivity index (χ0n) is 14.2. The van der Waals surface area contributed by atoms with Crippen molar-refractivity contribution in [3.63, 3.8) is 0 Å². The molecule has 2 aromatic carbocycles. The van der Waals surface area contributed by atoms with Gasteiger partial charge in [-0.1, -0.05) is 53.7 Å². The average molecular weight is 340 g/mol. The lowest BCUT2D eigenvalue weighted by Crippen LogP contribution is -2.45. The predicted octanol–water partition coefficient (Wildman–Crippen LogP) is 3.46. The van der Waals surface area contributed by atoms with Gasteiger partial charge in [-0.3, -0.25) is 4.79 Å². The van der Waals surface area contributed by atoms with Crippen molar-refractivity contribution in [2.45, 2.75) is 31.8 Å². The van der Waals surface area contributed by atoms with Crippen molar-refractivity contribution in [2.24, 2.45) is 5.16 Å². The number of hydrogen-bond acceptors (Lipinski definition) is 3. The van der Waals surface area contributed by atoms with Crippen LogP contribution >= 0.6 is 0 Å². The highest BCUT2D eigenvalue weighted by Gasteiger charge is 2.41. The van der Waals surface area contributed by atoms with E-state index >= 15 is 0 Å². The number of halogens is 1. The van der Waals surface area contributed by atoms with E-state index in [1.54, 1.807) is 19.1 Å². The van der Waals surface area contributed by atoms with Crippen molar-refractivity contribution in [3.05, 3.63) is 71.5 Å². The monoisotopic (exact) mass is 340 g/mol. The number of nitrogens with zero attached hydrogens (tertiary/aromatic N) is 1. The molecule has 0 radical (unpaired) electrons. The molecule has 0 aliphatic carbocycles. The minimum atomic E-state index is -0.997. The molecule has 0 saturated carbocycles. The third-order valence-corrected chi connectivity index (χ3v) is 4.32. The van der Waals surface area contributed by atoms with Gasteiger partial charge in [0.2, 0.25) is 5.60 Å². The van der Waals surface area contributed by atoms with Crippen LogP contribution in [0.3, 0.4) is 0 Å². The SMILES string of the molecule is CC1(C(=O)NCCCc2ccccc2F)CC(c2ccccc2)=NO1. The van der Waals surface area contributed by atoms with Crippen LogP contribution in [0.1, 0.15) is 30.9 Å². The Balaban J connectivity index is 1.48. The molecule has 130 valence electrons. The van der Waals surface area contributed by atoms with Gasteiger partial charge in [-0.05, 0) is 37.0 Å². The first kappa shape index (κ1) is 17.1. The first-order valence-corrected chi connectivity index (χ1v) is 8.41. The number of nitrogens with one attached hydrogen (secondary N) is 1. The van der Waals surface area contributed by atoms with Gasteiger partial charge < -0.3 is 10.2 Å². The predicted molar refractivity (Wildman–Crippen MR) is 94.8 cm³/mol. The maximum absolute atomic E-state index is 13.6. The van der Waals surface area contributed by atoms with Gasteiger partial charge in [0.05, 0.1) is 5.71 Å². The largest absolute Gasteiger partial charge is 0.379 e. The number of amides is 1. The Hall–Kier alpha value is -2.69. The first-order chi connectivity index (χ1) is 12.1. The van der Waals surface area contributed by atoms with Crippen LogP contribution in [0.5, 0.6) is 0 Å². The zero-order chi connectivity index (χ0) is 17.7. The molecule has 0 fully saturated rings. The van der Waals surface area contributed by atoms with Crippen LogP contribution in [-0.4, -0.2) is 23.8 Å². The standard InChI is InChI=1S/C20H21FN2O2/c1-20(14-18(23-25-20)16-9-3-2-4-10-16)19(24)22-13-7-11-15-8-5-6-12-17(15)21/h2-6,8-10,12H,7,11,13-14H2,1H3,(H,22,24). The second-order valence-corrected chi connectivity index (χ2v) is 6.35. The van der Waals surface area contributed by atoms with E-state index in [2.05, 4.69) is 10.5 Å². The topological polar surface area (TPSA) is 50.7 Å². The van der Waals surface area contributed by atoms with Gasteiger partial charge in [-0.25, -0.2) is 4.39 Å². The fourth-order valence-corrected chi connectivity index (χ4v) is 2.82. The molecular weight excluding hydrogens is 319 g/mol. The Morgan fingerprint density at radius 1 is 1.20 bits per heavy atom. The number of benzene rings is 2. The fourth-order valence-electron chi connectivity index (χ4n) is 2.82. The third-order valence-electron chi connectivity index (χ3n) is 4.32. The normalized spacial score (nSPS) is 19.2. The quantitative estimate of drug-likeness (QED) is 0.819. The van der Waals surface area contributed by atoms with Gasteiger partial charge in [-0.2, -0.15) is 0 Å². The molecule has 0 bridgehead atoms. The van der Waals surface area contributed by atoms with E-state index in [4.69, 9.17) is 4.84 Å². The molecule has 0 aromatic heterocycles. The van der Waals surface area contributed by atoms with E-state index in [-0.39, 0.29) is 11.7 Å². The molecule has 0 spiro atoms. The minimum absolute atomic E-state index is 0.198. The number of oxime groups is 1. The van der Waals surface area contributed by atoms with Gasteiger partial charge in [0.1, 0.15) is 5.82 Å². The maximum atomic E-state index is 13.6. The van der Waals surface area contributed by atoms with Gasteiger partial charge in [0, 0.05) is 13.0 Å². The van der Waals surface area contributed by atoms with Crippen molar-refractivity contribution >= 4 is 11.6 Å². The van der Waals surface area contributed by atoms with Crippen molar-refractivity contribution in [1.82, 2.24) is 5.32 Å². The van der Waals surface area contributed by atoms with Crippen molar-refractivity contribution < 1.29 is 14.0 Å². The molecule has 1 atom stereocenters. The lowest BCUT2D eigenvalue weighted by Gasteiger charge is -2.20. The highest BCUT2D eigenvalue weighted by atomic mass is 19.1. The summed E-state index contributed by atoms with van der Waals surface area (Å²) in [4.78, 5) is 17.9. The molecule has 4 nitrogen and oxygen atoms in total. The summed E-state index contributed by atoms with van der Waals surface area (Å²) in [6.45, 7) is 2.20. The van der Waals surface area contributed by atoms with Crippen molar-refractivity contribution in [1.29, 1.82) is 0 Å². The van der Waals surface area contributed by atoms with E-state index in [1.807, 2.05) is 36.4 Å². The van der Waals surface area contributed by atoms with Crippen LogP contribution in [0.2, 0.25) is 0 Å². The van der Waals surface area contributed by atoms with Gasteiger partial charge in [-0.15, -0.1) is 0 Å². The smallest absolute Gasteiger partial charge is 0.267 e. The van der Waals surface area contributed by atoms with E-state index in [0.29, 0.717) is 31.4 Å². The fraction of sp³-hybridized carbons (Fsp3) is 0.300. The van der Waals surface area contributed by atoms with Crippen molar-refractivity contribution in [2.75, 3.05) is 6.54 Å². The second-order valence-electron chi connectivity index (χ2n) is 6.35. The maximum Gasteiger partial charge on any atom is 0.267 e. The van der Waals surface area contributed by atoms with Crippen LogP contribution in [-0.2, 0) is 16.1 Å². The van der Waals surface area contributed by atoms with E-state index < -0.39 is 5.60 Å². The Bertz CT molecular complexity index is 776. The van der Waals surface area contributed by atoms with Crippen LogP contribution in [0.15, 0.2) is 59.8 Å². The average Bonchev–Trinajstić information content (AvgIpc) is 3.04. The van der Waals surface area contributed by atoms with Crippen LogP contribution < -0.4 is 5.32 Å². The molecule has 1 unspecified atom stereocenters. The second kappa shape index (κ2) is 7.47. The van der Waals surface area contributed by atoms with Crippen LogP contribution in [0.25, 0.3) is 0 Å². The summed E-state index contributed by atoms with van der Waals surface area (Å²) >= 11 is 0. The van der Waals surface area contributed by atoms with Gasteiger partial charge in [0.15, 0.2) is 0 Å². The molecule has 5 heteroatoms. The van der Waals surface area contributed by atoms with Crippen LogP contribution in [0.4, 0.5) is 4.39 Å². The molecule has 1 N–H and O–H groups in total. The molecule has 1 aliphatic heterocycles. The molecule has 1 amide bonds. The Kier molecular flexibility index (Phi) is 5.12. The zero-order valence-corrected chi connectivity index (χ0v) is 14.2. The number of carbonyl (C=O) groups excluding carboxylic acids is 1. The number of rotatable bonds is 6. The highest BCUT2D eigenvalue weighted by molar-refractivity contribution is 6.05. The molecule has 2 aromatic rings. The van der Waals surface area contributed by atoms with Crippen LogP contribution in [0, 0.1) is 5.82 Å². The van der Waals surface area contributed by atoms with Gasteiger partial charge in [0.25, 0.3) is 5.91 Å². The number of carbonyl (C=O) groups is 1. The molecule has 1 heterocycles. The summed E-state index contributed by atoms with van der Waals surface area (Å²) in [5.41, 5.74) is 1.39. The molecule has 3 rings (SSSR count).